The normalized spacial score (nSPS) is 13.4. The van der Waals surface area contributed by atoms with Gasteiger partial charge >= 0.3 is 0 Å². The maximum absolute atomic E-state index is 12.5. The van der Waals surface area contributed by atoms with Crippen LogP contribution >= 0.6 is 11.6 Å². The number of rotatable bonds is 8. The summed E-state index contributed by atoms with van der Waals surface area (Å²) in [6.45, 7) is 1.15. The smallest absolute Gasteiger partial charge is 0.262 e. The molecule has 0 unspecified atom stereocenters. The van der Waals surface area contributed by atoms with Crippen LogP contribution in [0.5, 0.6) is 5.75 Å². The number of nitrogens with zero attached hydrogens (tertiary/aromatic N) is 1. The summed E-state index contributed by atoms with van der Waals surface area (Å²) >= 11 is 5.87. The summed E-state index contributed by atoms with van der Waals surface area (Å²) in [6.07, 6.45) is 2.58. The Morgan fingerprint density at radius 2 is 1.65 bits per heavy atom. The van der Waals surface area contributed by atoms with Crippen molar-refractivity contribution in [3.8, 4) is 5.75 Å². The Labute approximate surface area is 203 Å². The van der Waals surface area contributed by atoms with Crippen molar-refractivity contribution in [2.45, 2.75) is 25.8 Å². The van der Waals surface area contributed by atoms with Gasteiger partial charge in [0.2, 0.25) is 5.91 Å². The van der Waals surface area contributed by atoms with Gasteiger partial charge < -0.3 is 15.0 Å². The number of hydrogen-bond donors (Lipinski definition) is 1. The zero-order valence-corrected chi connectivity index (χ0v) is 19.4. The molecule has 34 heavy (non-hydrogen) atoms. The summed E-state index contributed by atoms with van der Waals surface area (Å²) in [6, 6.07) is 20.8. The first-order valence-electron chi connectivity index (χ1n) is 11.2. The highest BCUT2D eigenvalue weighted by atomic mass is 35.5. The molecule has 7 heteroatoms. The van der Waals surface area contributed by atoms with Crippen LogP contribution in [0.1, 0.15) is 40.7 Å². The number of benzene rings is 3. The Balaban J connectivity index is 1.29. The molecule has 1 heterocycles. The molecule has 0 spiro atoms. The molecule has 3 aromatic carbocycles. The van der Waals surface area contributed by atoms with Gasteiger partial charge in [0, 0.05) is 41.3 Å². The van der Waals surface area contributed by atoms with E-state index in [1.165, 1.54) is 0 Å². The summed E-state index contributed by atoms with van der Waals surface area (Å²) in [4.78, 5) is 38.8. The maximum atomic E-state index is 12.5. The van der Waals surface area contributed by atoms with Crippen LogP contribution in [-0.4, -0.2) is 35.6 Å². The minimum absolute atomic E-state index is 0.118. The molecule has 0 saturated carbocycles. The van der Waals surface area contributed by atoms with Crippen LogP contribution in [0.15, 0.2) is 72.8 Å². The van der Waals surface area contributed by atoms with E-state index in [-0.39, 0.29) is 24.2 Å². The van der Waals surface area contributed by atoms with Crippen LogP contribution in [0.3, 0.4) is 0 Å². The average molecular weight is 477 g/mol. The van der Waals surface area contributed by atoms with Crippen molar-refractivity contribution >= 4 is 34.9 Å². The lowest BCUT2D eigenvalue weighted by Crippen LogP contribution is -2.34. The molecule has 6 nitrogen and oxygen atoms in total. The van der Waals surface area contributed by atoms with Gasteiger partial charge in [0.25, 0.3) is 5.91 Å². The first-order chi connectivity index (χ1) is 16.5. The number of ketones is 1. The highest BCUT2D eigenvalue weighted by molar-refractivity contribution is 6.30. The van der Waals surface area contributed by atoms with Crippen LogP contribution in [-0.2, 0) is 16.1 Å². The molecule has 0 aliphatic carbocycles. The summed E-state index contributed by atoms with van der Waals surface area (Å²) < 4.78 is 5.57. The Hall–Kier alpha value is -3.64. The van der Waals surface area contributed by atoms with Gasteiger partial charge in [-0.25, -0.2) is 0 Å². The third-order valence-corrected chi connectivity index (χ3v) is 5.85. The second-order valence-electron chi connectivity index (χ2n) is 8.17. The number of nitrogens with one attached hydrogen (secondary N) is 1. The van der Waals surface area contributed by atoms with Crippen molar-refractivity contribution in [3.05, 3.63) is 94.5 Å². The molecular formula is C27H25ClN2O4. The van der Waals surface area contributed by atoms with E-state index in [1.54, 1.807) is 54.6 Å². The Kier molecular flexibility index (Phi) is 7.60. The summed E-state index contributed by atoms with van der Waals surface area (Å²) in [5, 5.41) is 3.40. The number of ether oxygens (including phenoxy) is 1. The van der Waals surface area contributed by atoms with E-state index in [9.17, 15) is 14.4 Å². The second-order valence-corrected chi connectivity index (χ2v) is 8.61. The van der Waals surface area contributed by atoms with E-state index in [1.807, 2.05) is 23.1 Å². The molecule has 1 fully saturated rings. The van der Waals surface area contributed by atoms with E-state index in [2.05, 4.69) is 5.32 Å². The van der Waals surface area contributed by atoms with E-state index in [4.69, 9.17) is 16.3 Å². The third-order valence-electron chi connectivity index (χ3n) is 5.60. The molecule has 1 aliphatic heterocycles. The number of hydrogen-bond acceptors (Lipinski definition) is 4. The van der Waals surface area contributed by atoms with E-state index >= 15 is 0 Å². The zero-order valence-electron chi connectivity index (χ0n) is 18.6. The van der Waals surface area contributed by atoms with E-state index in [0.717, 1.165) is 24.9 Å². The number of amides is 2. The lowest BCUT2D eigenvalue weighted by atomic mass is 10.0. The van der Waals surface area contributed by atoms with Gasteiger partial charge in [-0.2, -0.15) is 0 Å². The number of carbonyl (C=O) groups is 3. The lowest BCUT2D eigenvalue weighted by Gasteiger charge is -2.26. The SMILES string of the molecule is O=C(COc1ccc(C(=O)c2ccc(Cl)cc2)cc1)Nc1cccc(CN2CCCCC2=O)c1. The molecular weight excluding hydrogens is 452 g/mol. The van der Waals surface area contributed by atoms with Crippen LogP contribution < -0.4 is 10.1 Å². The molecule has 174 valence electrons. The topological polar surface area (TPSA) is 75.7 Å². The minimum atomic E-state index is -0.299. The Bertz CT molecular complexity index is 1180. The maximum Gasteiger partial charge on any atom is 0.262 e. The molecule has 1 N–H and O–H groups in total. The molecule has 4 rings (SSSR count). The Morgan fingerprint density at radius 3 is 2.35 bits per heavy atom. The number of likely N-dealkylation sites (tertiary alicyclic amines) is 1. The fourth-order valence-corrected chi connectivity index (χ4v) is 3.94. The van der Waals surface area contributed by atoms with Crippen molar-refractivity contribution < 1.29 is 19.1 Å². The Morgan fingerprint density at radius 1 is 0.941 bits per heavy atom. The zero-order chi connectivity index (χ0) is 23.9. The predicted octanol–water partition coefficient (Wildman–Crippen LogP) is 5.10. The van der Waals surface area contributed by atoms with Gasteiger partial charge in [-0.1, -0.05) is 23.7 Å². The standard InChI is InChI=1S/C27H25ClN2O4/c28-22-11-7-20(8-12-22)27(33)21-9-13-24(14-10-21)34-18-25(31)29-23-5-3-4-19(16-23)17-30-15-2-1-6-26(30)32/h3-5,7-14,16H,1-2,6,15,17-18H2,(H,29,31). The molecule has 2 amide bonds. The summed E-state index contributed by atoms with van der Waals surface area (Å²) in [7, 11) is 0. The monoisotopic (exact) mass is 476 g/mol. The first-order valence-corrected chi connectivity index (χ1v) is 11.6. The molecule has 0 atom stereocenters. The molecule has 0 bridgehead atoms. The number of halogens is 1. The number of anilines is 1. The average Bonchev–Trinajstić information content (AvgIpc) is 2.85. The number of carbonyl (C=O) groups excluding carboxylic acids is 3. The van der Waals surface area contributed by atoms with Gasteiger partial charge in [-0.3, -0.25) is 14.4 Å². The molecule has 0 radical (unpaired) electrons. The predicted molar refractivity (Wildman–Crippen MR) is 131 cm³/mol. The highest BCUT2D eigenvalue weighted by Gasteiger charge is 2.18. The van der Waals surface area contributed by atoms with Crippen LogP contribution in [0, 0.1) is 0 Å². The van der Waals surface area contributed by atoms with Crippen molar-refractivity contribution in [2.24, 2.45) is 0 Å². The van der Waals surface area contributed by atoms with Crippen molar-refractivity contribution in [3.63, 3.8) is 0 Å². The van der Waals surface area contributed by atoms with Gasteiger partial charge in [0.1, 0.15) is 5.75 Å². The number of piperidine rings is 1. The van der Waals surface area contributed by atoms with Gasteiger partial charge in [-0.05, 0) is 79.1 Å². The van der Waals surface area contributed by atoms with Crippen LogP contribution in [0.2, 0.25) is 5.02 Å². The first kappa shape index (κ1) is 23.5. The molecule has 1 saturated heterocycles. The van der Waals surface area contributed by atoms with Crippen molar-refractivity contribution in [1.29, 1.82) is 0 Å². The minimum Gasteiger partial charge on any atom is -0.484 e. The van der Waals surface area contributed by atoms with Gasteiger partial charge in [-0.15, -0.1) is 0 Å². The largest absolute Gasteiger partial charge is 0.484 e. The summed E-state index contributed by atoms with van der Waals surface area (Å²) in [5.74, 6) is 0.245. The second kappa shape index (κ2) is 11.0. The van der Waals surface area contributed by atoms with E-state index in [0.29, 0.717) is 40.6 Å². The van der Waals surface area contributed by atoms with Gasteiger partial charge in [0.15, 0.2) is 12.4 Å². The van der Waals surface area contributed by atoms with Crippen LogP contribution in [0.4, 0.5) is 5.69 Å². The quantitative estimate of drug-likeness (QED) is 0.459. The van der Waals surface area contributed by atoms with E-state index < -0.39 is 0 Å². The van der Waals surface area contributed by atoms with Crippen LogP contribution in [0.25, 0.3) is 0 Å². The molecule has 3 aromatic rings. The summed E-state index contributed by atoms with van der Waals surface area (Å²) in [5.41, 5.74) is 2.68. The van der Waals surface area contributed by atoms with Gasteiger partial charge in [0.05, 0.1) is 0 Å². The van der Waals surface area contributed by atoms with Crippen molar-refractivity contribution in [1.82, 2.24) is 4.90 Å². The fourth-order valence-electron chi connectivity index (χ4n) is 3.81. The lowest BCUT2D eigenvalue weighted by molar-refractivity contribution is -0.133. The fraction of sp³-hybridized carbons (Fsp3) is 0.222. The highest BCUT2D eigenvalue weighted by Crippen LogP contribution is 2.19. The third kappa shape index (κ3) is 6.23. The van der Waals surface area contributed by atoms with Crippen molar-refractivity contribution in [2.75, 3.05) is 18.5 Å². The molecule has 1 aliphatic rings. The molecule has 0 aromatic heterocycles.